The summed E-state index contributed by atoms with van der Waals surface area (Å²) in [5.41, 5.74) is -0.412. The first-order valence-corrected chi connectivity index (χ1v) is 7.69. The third-order valence-electron chi connectivity index (χ3n) is 3.18. The van der Waals surface area contributed by atoms with E-state index in [0.29, 0.717) is 12.5 Å². The summed E-state index contributed by atoms with van der Waals surface area (Å²) in [6.07, 6.45) is 2.46. The molecule has 106 valence electrons. The minimum atomic E-state index is -1.17. The molecule has 2 atom stereocenters. The van der Waals surface area contributed by atoms with Crippen LogP contribution in [0.2, 0.25) is 0 Å². The number of nitrogens with one attached hydrogen (secondary N) is 1. The van der Waals surface area contributed by atoms with Gasteiger partial charge in [0, 0.05) is 5.54 Å². The van der Waals surface area contributed by atoms with Gasteiger partial charge in [-0.1, -0.05) is 0 Å². The zero-order valence-corrected chi connectivity index (χ0v) is 12.9. The molecule has 0 aromatic carbocycles. The summed E-state index contributed by atoms with van der Waals surface area (Å²) in [7, 11) is -1.17. The molecule has 4 nitrogen and oxygen atoms in total. The van der Waals surface area contributed by atoms with Crippen LogP contribution in [-0.4, -0.2) is 27.1 Å². The van der Waals surface area contributed by atoms with Gasteiger partial charge in [-0.2, -0.15) is 0 Å². The molecule has 1 rings (SSSR count). The quantitative estimate of drug-likeness (QED) is 0.756. The van der Waals surface area contributed by atoms with E-state index in [1.165, 1.54) is 0 Å². The molecular weight excluding hydrogens is 250 g/mol. The average molecular weight is 275 g/mol. The monoisotopic (exact) mass is 275 g/mol. The Morgan fingerprint density at radius 2 is 1.89 bits per heavy atom. The van der Waals surface area contributed by atoms with Crippen molar-refractivity contribution in [2.75, 3.05) is 6.61 Å². The van der Waals surface area contributed by atoms with Crippen LogP contribution in [0.3, 0.4) is 0 Å². The van der Waals surface area contributed by atoms with Crippen molar-refractivity contribution in [3.63, 3.8) is 0 Å². The Hall–Kier alpha value is -0.420. The third-order valence-corrected chi connectivity index (χ3v) is 4.94. The molecular formula is C13H25NO3S. The van der Waals surface area contributed by atoms with Crippen LogP contribution >= 0.6 is 0 Å². The van der Waals surface area contributed by atoms with E-state index >= 15 is 0 Å². The normalized spacial score (nSPS) is 21.2. The standard InChI is InChI=1S/C13H25NO3S/c1-6-17-11(15)9-13(5,10-7-8-10)14-18(16)12(2,3)4/h10,14H,6-9H2,1-5H3/t13-,18+/m1/s1. The maximum absolute atomic E-state index is 12.2. The van der Waals surface area contributed by atoms with Crippen molar-refractivity contribution in [1.29, 1.82) is 0 Å². The molecule has 1 aliphatic carbocycles. The van der Waals surface area contributed by atoms with E-state index in [-0.39, 0.29) is 17.1 Å². The second-order valence-corrected chi connectivity index (χ2v) is 8.12. The van der Waals surface area contributed by atoms with Gasteiger partial charge in [-0.3, -0.25) is 4.79 Å². The van der Waals surface area contributed by atoms with E-state index in [1.54, 1.807) is 6.92 Å². The fourth-order valence-electron chi connectivity index (χ4n) is 1.86. The summed E-state index contributed by atoms with van der Waals surface area (Å²) in [6.45, 7) is 9.94. The molecule has 1 aliphatic rings. The van der Waals surface area contributed by atoms with Crippen LogP contribution in [0.15, 0.2) is 0 Å². The van der Waals surface area contributed by atoms with Crippen LogP contribution in [-0.2, 0) is 20.5 Å². The highest BCUT2D eigenvalue weighted by atomic mass is 32.2. The largest absolute Gasteiger partial charge is 0.466 e. The van der Waals surface area contributed by atoms with Crippen molar-refractivity contribution >= 4 is 17.0 Å². The summed E-state index contributed by atoms with van der Waals surface area (Å²) in [5, 5.41) is 0. The fourth-order valence-corrected chi connectivity index (χ4v) is 2.83. The lowest BCUT2D eigenvalue weighted by atomic mass is 9.93. The highest BCUT2D eigenvalue weighted by molar-refractivity contribution is 7.84. The topological polar surface area (TPSA) is 55.4 Å². The van der Waals surface area contributed by atoms with Crippen LogP contribution in [0, 0.1) is 5.92 Å². The lowest BCUT2D eigenvalue weighted by molar-refractivity contribution is -0.144. The van der Waals surface area contributed by atoms with E-state index < -0.39 is 16.5 Å². The molecule has 0 heterocycles. The van der Waals surface area contributed by atoms with Gasteiger partial charge in [-0.05, 0) is 53.4 Å². The number of hydrogen-bond donors (Lipinski definition) is 1. The van der Waals surface area contributed by atoms with Crippen molar-refractivity contribution in [2.24, 2.45) is 5.92 Å². The summed E-state index contributed by atoms with van der Waals surface area (Å²) < 4.78 is 20.0. The molecule has 1 N–H and O–H groups in total. The first-order valence-electron chi connectivity index (χ1n) is 6.54. The highest BCUT2D eigenvalue weighted by Crippen LogP contribution is 2.42. The summed E-state index contributed by atoms with van der Waals surface area (Å²) in [6, 6.07) is 0. The molecule has 0 spiro atoms. The Balaban J connectivity index is 2.69. The van der Waals surface area contributed by atoms with Gasteiger partial charge in [0.2, 0.25) is 0 Å². The molecule has 18 heavy (non-hydrogen) atoms. The molecule has 0 radical (unpaired) electrons. The maximum Gasteiger partial charge on any atom is 0.307 e. The minimum absolute atomic E-state index is 0.217. The first kappa shape index (κ1) is 15.6. The summed E-state index contributed by atoms with van der Waals surface area (Å²) in [5.74, 6) is 0.207. The summed E-state index contributed by atoms with van der Waals surface area (Å²) in [4.78, 5) is 11.7. The van der Waals surface area contributed by atoms with Gasteiger partial charge < -0.3 is 4.74 Å². The van der Waals surface area contributed by atoms with Crippen LogP contribution in [0.25, 0.3) is 0 Å². The maximum atomic E-state index is 12.2. The van der Waals surface area contributed by atoms with E-state index in [9.17, 15) is 9.00 Å². The van der Waals surface area contributed by atoms with E-state index in [1.807, 2.05) is 27.7 Å². The molecule has 0 bridgehead atoms. The minimum Gasteiger partial charge on any atom is -0.466 e. The lowest BCUT2D eigenvalue weighted by Crippen LogP contribution is -2.51. The Bertz CT molecular complexity index is 334. The van der Waals surface area contributed by atoms with E-state index in [2.05, 4.69) is 4.72 Å². The Labute approximate surface area is 112 Å². The smallest absolute Gasteiger partial charge is 0.307 e. The van der Waals surface area contributed by atoms with Gasteiger partial charge in [-0.25, -0.2) is 8.93 Å². The summed E-state index contributed by atoms with van der Waals surface area (Å²) >= 11 is 0. The van der Waals surface area contributed by atoms with Crippen molar-refractivity contribution in [3.05, 3.63) is 0 Å². The Morgan fingerprint density at radius 1 is 1.33 bits per heavy atom. The van der Waals surface area contributed by atoms with Gasteiger partial charge in [0.25, 0.3) is 0 Å². The zero-order chi connectivity index (χ0) is 14.0. The molecule has 0 amide bonds. The van der Waals surface area contributed by atoms with Crippen molar-refractivity contribution in [2.45, 2.75) is 64.2 Å². The number of hydrogen-bond acceptors (Lipinski definition) is 3. The average Bonchev–Trinajstić information content (AvgIpc) is 2.98. The van der Waals surface area contributed by atoms with Gasteiger partial charge in [0.1, 0.15) is 0 Å². The number of carbonyl (C=O) groups is 1. The molecule has 0 saturated heterocycles. The second kappa shape index (κ2) is 5.70. The predicted molar refractivity (Wildman–Crippen MR) is 73.4 cm³/mol. The van der Waals surface area contributed by atoms with Gasteiger partial charge in [0.15, 0.2) is 0 Å². The van der Waals surface area contributed by atoms with Crippen LogP contribution in [0.4, 0.5) is 0 Å². The Morgan fingerprint density at radius 3 is 2.28 bits per heavy atom. The molecule has 0 aromatic heterocycles. The third kappa shape index (κ3) is 4.35. The van der Waals surface area contributed by atoms with Crippen molar-refractivity contribution in [3.8, 4) is 0 Å². The van der Waals surface area contributed by atoms with Crippen molar-refractivity contribution in [1.82, 2.24) is 4.72 Å². The number of esters is 1. The Kier molecular flexibility index (Phi) is 4.95. The number of rotatable bonds is 6. The number of carbonyl (C=O) groups excluding carboxylic acids is 1. The van der Waals surface area contributed by atoms with Crippen LogP contribution < -0.4 is 4.72 Å². The zero-order valence-electron chi connectivity index (χ0n) is 12.0. The van der Waals surface area contributed by atoms with E-state index in [4.69, 9.17) is 4.74 Å². The molecule has 1 fully saturated rings. The van der Waals surface area contributed by atoms with Crippen LogP contribution in [0.1, 0.15) is 53.9 Å². The van der Waals surface area contributed by atoms with Crippen molar-refractivity contribution < 1.29 is 13.7 Å². The lowest BCUT2D eigenvalue weighted by Gasteiger charge is -2.32. The fraction of sp³-hybridized carbons (Fsp3) is 0.923. The van der Waals surface area contributed by atoms with E-state index in [0.717, 1.165) is 12.8 Å². The van der Waals surface area contributed by atoms with Gasteiger partial charge >= 0.3 is 5.97 Å². The molecule has 1 saturated carbocycles. The number of ether oxygens (including phenoxy) is 1. The predicted octanol–water partition coefficient (Wildman–Crippen LogP) is 2.16. The van der Waals surface area contributed by atoms with Gasteiger partial charge in [-0.15, -0.1) is 0 Å². The second-order valence-electron chi connectivity index (χ2n) is 6.16. The highest BCUT2D eigenvalue weighted by Gasteiger charge is 2.45. The van der Waals surface area contributed by atoms with Gasteiger partial charge in [0.05, 0.1) is 28.8 Å². The molecule has 0 aromatic rings. The molecule has 0 unspecified atom stereocenters. The van der Waals surface area contributed by atoms with Crippen LogP contribution in [0.5, 0.6) is 0 Å². The first-order chi connectivity index (χ1) is 8.19. The SMILES string of the molecule is CCOC(=O)C[C@@](C)(N[S@@](=O)C(C)(C)C)C1CC1. The molecule has 5 heteroatoms. The molecule has 0 aliphatic heterocycles.